The number of aromatic nitrogens is 1. The normalized spacial score (nSPS) is 10.9. The van der Waals surface area contributed by atoms with E-state index in [2.05, 4.69) is 15.6 Å². The number of anilines is 1. The molecule has 162 valence electrons. The Kier molecular flexibility index (Phi) is 8.64. The molecule has 2 N–H and O–H groups in total. The molecule has 0 unspecified atom stereocenters. The zero-order valence-electron chi connectivity index (χ0n) is 17.2. The number of hydrogen-bond donors (Lipinski definition) is 2. The van der Waals surface area contributed by atoms with Gasteiger partial charge in [0.05, 0.1) is 22.2 Å². The van der Waals surface area contributed by atoms with E-state index >= 15 is 0 Å². The number of amides is 3. The predicted octanol–water partition coefficient (Wildman–Crippen LogP) is 4.01. The van der Waals surface area contributed by atoms with Gasteiger partial charge in [0.1, 0.15) is 6.54 Å². The highest BCUT2D eigenvalue weighted by Gasteiger charge is 2.23. The van der Waals surface area contributed by atoms with Crippen molar-refractivity contribution in [2.24, 2.45) is 0 Å². The number of hydrogen-bond acceptors (Lipinski definition) is 5. The molecule has 0 aliphatic rings. The van der Waals surface area contributed by atoms with Gasteiger partial charge in [0.25, 0.3) is 5.91 Å². The highest BCUT2D eigenvalue weighted by molar-refractivity contribution is 7.13. The lowest BCUT2D eigenvalue weighted by Crippen LogP contribution is -2.42. The van der Waals surface area contributed by atoms with Crippen molar-refractivity contribution in [3.8, 4) is 0 Å². The second kappa shape index (κ2) is 10.7. The third kappa shape index (κ3) is 6.97. The third-order valence-corrected chi connectivity index (χ3v) is 5.50. The first-order chi connectivity index (χ1) is 14.1. The maximum atomic E-state index is 12.8. The van der Waals surface area contributed by atoms with Crippen LogP contribution < -0.4 is 10.6 Å². The number of thiazole rings is 1. The fraction of sp³-hybridized carbons (Fsp3) is 0.400. The van der Waals surface area contributed by atoms with Gasteiger partial charge in [-0.1, -0.05) is 23.2 Å². The molecule has 1 heterocycles. The lowest BCUT2D eigenvalue weighted by Gasteiger charge is -2.26. The van der Waals surface area contributed by atoms with Crippen LogP contribution in [-0.2, 0) is 16.0 Å². The molecule has 10 heteroatoms. The minimum absolute atomic E-state index is 0.0467. The van der Waals surface area contributed by atoms with Crippen LogP contribution in [0.5, 0.6) is 0 Å². The molecule has 0 atom stereocenters. The molecule has 30 heavy (non-hydrogen) atoms. The van der Waals surface area contributed by atoms with Gasteiger partial charge in [-0.05, 0) is 45.9 Å². The smallest absolute Gasteiger partial charge is 0.254 e. The van der Waals surface area contributed by atoms with Gasteiger partial charge < -0.3 is 15.5 Å². The van der Waals surface area contributed by atoms with Crippen LogP contribution in [0.25, 0.3) is 0 Å². The molecule has 0 aliphatic carbocycles. The van der Waals surface area contributed by atoms with Crippen LogP contribution in [0.1, 0.15) is 43.7 Å². The van der Waals surface area contributed by atoms with E-state index in [1.165, 1.54) is 22.3 Å². The summed E-state index contributed by atoms with van der Waals surface area (Å²) in [5, 5.41) is 8.19. The molecule has 0 saturated heterocycles. The van der Waals surface area contributed by atoms with Gasteiger partial charge in [0.15, 0.2) is 5.13 Å². The summed E-state index contributed by atoms with van der Waals surface area (Å²) in [7, 11) is 0. The summed E-state index contributed by atoms with van der Waals surface area (Å²) in [6, 6.07) is 4.42. The van der Waals surface area contributed by atoms with Crippen molar-refractivity contribution in [3.63, 3.8) is 0 Å². The standard InChI is InChI=1S/C20H24Cl2N4O3S/c1-11(2)23-17(27)8-14-10-30-20(24-14)25-18(28)9-26(12(3)4)19(29)13-5-6-15(21)16(22)7-13/h5-7,10-12H,8-9H2,1-4H3,(H,23,27)(H,24,25,28). The number of rotatable bonds is 8. The van der Waals surface area contributed by atoms with Crippen molar-refractivity contribution in [1.29, 1.82) is 0 Å². The van der Waals surface area contributed by atoms with Gasteiger partial charge in [-0.25, -0.2) is 4.98 Å². The van der Waals surface area contributed by atoms with Crippen molar-refractivity contribution in [2.75, 3.05) is 11.9 Å². The molecule has 0 spiro atoms. The molecule has 0 fully saturated rings. The Morgan fingerprint density at radius 1 is 1.10 bits per heavy atom. The second-order valence-electron chi connectivity index (χ2n) is 7.25. The van der Waals surface area contributed by atoms with Gasteiger partial charge in [-0.15, -0.1) is 11.3 Å². The number of carbonyl (C=O) groups excluding carboxylic acids is 3. The third-order valence-electron chi connectivity index (χ3n) is 3.95. The largest absolute Gasteiger partial charge is 0.354 e. The van der Waals surface area contributed by atoms with E-state index in [4.69, 9.17) is 23.2 Å². The zero-order valence-corrected chi connectivity index (χ0v) is 19.5. The van der Waals surface area contributed by atoms with Gasteiger partial charge in [0.2, 0.25) is 11.8 Å². The van der Waals surface area contributed by atoms with Crippen LogP contribution in [-0.4, -0.2) is 46.2 Å². The Morgan fingerprint density at radius 2 is 1.80 bits per heavy atom. The van der Waals surface area contributed by atoms with Crippen LogP contribution in [0.15, 0.2) is 23.6 Å². The Hall–Kier alpha value is -2.16. The van der Waals surface area contributed by atoms with E-state index in [9.17, 15) is 14.4 Å². The summed E-state index contributed by atoms with van der Waals surface area (Å²) < 4.78 is 0. The predicted molar refractivity (Wildman–Crippen MR) is 120 cm³/mol. The highest BCUT2D eigenvalue weighted by Crippen LogP contribution is 2.24. The molecule has 2 aromatic rings. The molecule has 0 bridgehead atoms. The fourth-order valence-corrected chi connectivity index (χ4v) is 3.60. The van der Waals surface area contributed by atoms with Crippen molar-refractivity contribution in [1.82, 2.24) is 15.2 Å². The van der Waals surface area contributed by atoms with Crippen LogP contribution in [0.4, 0.5) is 5.13 Å². The lowest BCUT2D eigenvalue weighted by atomic mass is 10.1. The molecule has 1 aromatic heterocycles. The second-order valence-corrected chi connectivity index (χ2v) is 8.92. The maximum Gasteiger partial charge on any atom is 0.254 e. The minimum atomic E-state index is -0.385. The molecule has 0 aliphatic heterocycles. The van der Waals surface area contributed by atoms with E-state index in [0.717, 1.165) is 0 Å². The summed E-state index contributed by atoms with van der Waals surface area (Å²) in [6.45, 7) is 7.24. The van der Waals surface area contributed by atoms with Crippen molar-refractivity contribution >= 4 is 57.4 Å². The van der Waals surface area contributed by atoms with E-state index in [1.54, 1.807) is 17.5 Å². The number of nitrogens with one attached hydrogen (secondary N) is 2. The SMILES string of the molecule is CC(C)NC(=O)Cc1csc(NC(=O)CN(C(=O)c2ccc(Cl)c(Cl)c2)C(C)C)n1. The average Bonchev–Trinajstić information content (AvgIpc) is 3.07. The molecule has 2 rings (SSSR count). The molecular weight excluding hydrogens is 447 g/mol. The van der Waals surface area contributed by atoms with Crippen LogP contribution >= 0.6 is 34.5 Å². The average molecular weight is 471 g/mol. The molecular formula is C20H24Cl2N4O3S. The van der Waals surface area contributed by atoms with E-state index < -0.39 is 0 Å². The maximum absolute atomic E-state index is 12.8. The first-order valence-electron chi connectivity index (χ1n) is 9.36. The Labute approximate surface area is 189 Å². The summed E-state index contributed by atoms with van der Waals surface area (Å²) in [5.74, 6) is -0.847. The monoisotopic (exact) mass is 470 g/mol. The number of benzene rings is 1. The number of carbonyl (C=O) groups is 3. The minimum Gasteiger partial charge on any atom is -0.354 e. The van der Waals surface area contributed by atoms with Crippen molar-refractivity contribution < 1.29 is 14.4 Å². The topological polar surface area (TPSA) is 91.4 Å². The zero-order chi connectivity index (χ0) is 22.4. The Bertz CT molecular complexity index is 931. The van der Waals surface area contributed by atoms with Crippen LogP contribution in [0.2, 0.25) is 10.0 Å². The molecule has 3 amide bonds. The van der Waals surface area contributed by atoms with Crippen LogP contribution in [0, 0.1) is 0 Å². The summed E-state index contributed by atoms with van der Waals surface area (Å²) in [5.41, 5.74) is 0.916. The Balaban J connectivity index is 2.01. The van der Waals surface area contributed by atoms with Crippen LogP contribution in [0.3, 0.4) is 0 Å². The van der Waals surface area contributed by atoms with E-state index in [1.807, 2.05) is 27.7 Å². The molecule has 0 saturated carbocycles. The molecule has 7 nitrogen and oxygen atoms in total. The lowest BCUT2D eigenvalue weighted by molar-refractivity contribution is -0.121. The fourth-order valence-electron chi connectivity index (χ4n) is 2.58. The highest BCUT2D eigenvalue weighted by atomic mass is 35.5. The summed E-state index contributed by atoms with van der Waals surface area (Å²) in [4.78, 5) is 42.9. The molecule has 0 radical (unpaired) electrons. The number of halogens is 2. The van der Waals surface area contributed by atoms with Gasteiger partial charge in [0, 0.05) is 23.0 Å². The van der Waals surface area contributed by atoms with Gasteiger partial charge >= 0.3 is 0 Å². The first-order valence-corrected chi connectivity index (χ1v) is 11.0. The Morgan fingerprint density at radius 3 is 2.40 bits per heavy atom. The summed E-state index contributed by atoms with van der Waals surface area (Å²) in [6.07, 6.45) is 0.137. The van der Waals surface area contributed by atoms with Gasteiger partial charge in [-0.2, -0.15) is 0 Å². The van der Waals surface area contributed by atoms with Gasteiger partial charge in [-0.3, -0.25) is 14.4 Å². The summed E-state index contributed by atoms with van der Waals surface area (Å²) >= 11 is 13.1. The quantitative estimate of drug-likeness (QED) is 0.609. The van der Waals surface area contributed by atoms with Crippen molar-refractivity contribution in [3.05, 3.63) is 44.9 Å². The van der Waals surface area contributed by atoms with E-state index in [-0.39, 0.29) is 47.8 Å². The van der Waals surface area contributed by atoms with E-state index in [0.29, 0.717) is 21.4 Å². The molecule has 1 aromatic carbocycles. The van der Waals surface area contributed by atoms with Crippen molar-refractivity contribution in [2.45, 2.75) is 46.2 Å². The first kappa shape index (κ1) is 24.1. The number of nitrogens with zero attached hydrogens (tertiary/aromatic N) is 2.